The summed E-state index contributed by atoms with van der Waals surface area (Å²) in [4.78, 5) is 9.09. The summed E-state index contributed by atoms with van der Waals surface area (Å²) in [6, 6.07) is 6.15. The highest BCUT2D eigenvalue weighted by molar-refractivity contribution is 6.30. The first-order valence-electron chi connectivity index (χ1n) is 8.80. The van der Waals surface area contributed by atoms with E-state index in [1.165, 1.54) is 5.56 Å². The van der Waals surface area contributed by atoms with Gasteiger partial charge in [0, 0.05) is 5.56 Å². The third kappa shape index (κ3) is 4.43. The third-order valence-corrected chi connectivity index (χ3v) is 4.58. The SMILES string of the molecule is CCC(CC)Oc1nc(C)c(-c2ccc(C(C)C)cc2OC)nc1Cl. The van der Waals surface area contributed by atoms with Crippen LogP contribution in [0.15, 0.2) is 18.2 Å². The van der Waals surface area contributed by atoms with Gasteiger partial charge in [0.05, 0.1) is 18.5 Å². The molecule has 0 saturated carbocycles. The number of aromatic nitrogens is 2. The van der Waals surface area contributed by atoms with Crippen molar-refractivity contribution in [3.8, 4) is 22.9 Å². The van der Waals surface area contributed by atoms with Gasteiger partial charge in [0.15, 0.2) is 5.15 Å². The number of hydrogen-bond acceptors (Lipinski definition) is 4. The molecule has 0 unspecified atom stereocenters. The average Bonchev–Trinajstić information content (AvgIpc) is 2.61. The molecule has 1 heterocycles. The van der Waals surface area contributed by atoms with Crippen molar-refractivity contribution in [1.29, 1.82) is 0 Å². The molecule has 0 fully saturated rings. The minimum absolute atomic E-state index is 0.0944. The maximum atomic E-state index is 6.35. The highest BCUT2D eigenvalue weighted by Gasteiger charge is 2.18. The summed E-state index contributed by atoms with van der Waals surface area (Å²) in [7, 11) is 1.66. The minimum atomic E-state index is 0.0944. The van der Waals surface area contributed by atoms with Crippen LogP contribution in [-0.4, -0.2) is 23.2 Å². The lowest BCUT2D eigenvalue weighted by Gasteiger charge is -2.17. The van der Waals surface area contributed by atoms with E-state index in [9.17, 15) is 0 Å². The molecule has 1 aromatic carbocycles. The lowest BCUT2D eigenvalue weighted by Crippen LogP contribution is -2.15. The first-order valence-corrected chi connectivity index (χ1v) is 9.18. The number of methoxy groups -OCH3 is 1. The fraction of sp³-hybridized carbons (Fsp3) is 0.500. The van der Waals surface area contributed by atoms with Crippen LogP contribution >= 0.6 is 11.6 Å². The van der Waals surface area contributed by atoms with Gasteiger partial charge in [-0.2, -0.15) is 0 Å². The molecule has 0 bridgehead atoms. The zero-order valence-electron chi connectivity index (χ0n) is 15.9. The first-order chi connectivity index (χ1) is 11.9. The van der Waals surface area contributed by atoms with Crippen molar-refractivity contribution >= 4 is 11.6 Å². The zero-order valence-corrected chi connectivity index (χ0v) is 16.6. The second kappa shape index (κ2) is 8.52. The molecule has 4 nitrogen and oxygen atoms in total. The van der Waals surface area contributed by atoms with Gasteiger partial charge in [-0.3, -0.25) is 0 Å². The van der Waals surface area contributed by atoms with Crippen LogP contribution in [0.25, 0.3) is 11.3 Å². The van der Waals surface area contributed by atoms with Crippen LogP contribution in [0.1, 0.15) is 57.7 Å². The summed E-state index contributed by atoms with van der Waals surface area (Å²) in [6.45, 7) is 10.4. The Morgan fingerprint density at radius 2 is 1.80 bits per heavy atom. The Hall–Kier alpha value is -1.81. The van der Waals surface area contributed by atoms with Gasteiger partial charge in [0.1, 0.15) is 11.9 Å². The van der Waals surface area contributed by atoms with E-state index in [2.05, 4.69) is 43.7 Å². The largest absolute Gasteiger partial charge is 0.496 e. The topological polar surface area (TPSA) is 44.2 Å². The molecule has 136 valence electrons. The fourth-order valence-corrected chi connectivity index (χ4v) is 2.86. The number of aryl methyl sites for hydroxylation is 1. The van der Waals surface area contributed by atoms with Crippen LogP contribution in [0.5, 0.6) is 11.6 Å². The molecular weight excluding hydrogens is 336 g/mol. The minimum Gasteiger partial charge on any atom is -0.496 e. The van der Waals surface area contributed by atoms with Crippen molar-refractivity contribution < 1.29 is 9.47 Å². The number of rotatable bonds is 7. The Kier molecular flexibility index (Phi) is 6.65. The van der Waals surface area contributed by atoms with E-state index in [-0.39, 0.29) is 11.3 Å². The molecule has 0 aliphatic rings. The van der Waals surface area contributed by atoms with Gasteiger partial charge in [-0.1, -0.05) is 45.4 Å². The van der Waals surface area contributed by atoms with E-state index >= 15 is 0 Å². The average molecular weight is 363 g/mol. The van der Waals surface area contributed by atoms with Crippen molar-refractivity contribution in [2.45, 2.75) is 59.5 Å². The summed E-state index contributed by atoms with van der Waals surface area (Å²) in [6.07, 6.45) is 1.90. The molecule has 2 aromatic rings. The van der Waals surface area contributed by atoms with Crippen molar-refractivity contribution in [1.82, 2.24) is 9.97 Å². The molecule has 0 amide bonds. The highest BCUT2D eigenvalue weighted by atomic mass is 35.5. The number of ether oxygens (including phenoxy) is 2. The molecule has 0 aliphatic carbocycles. The molecule has 0 spiro atoms. The van der Waals surface area contributed by atoms with Gasteiger partial charge >= 0.3 is 0 Å². The summed E-state index contributed by atoms with van der Waals surface area (Å²) >= 11 is 6.35. The second-order valence-electron chi connectivity index (χ2n) is 6.42. The number of nitrogens with zero attached hydrogens (tertiary/aromatic N) is 2. The summed E-state index contributed by atoms with van der Waals surface area (Å²) in [5.41, 5.74) is 3.58. The van der Waals surface area contributed by atoms with E-state index in [1.54, 1.807) is 7.11 Å². The van der Waals surface area contributed by atoms with E-state index in [1.807, 2.05) is 19.1 Å². The normalized spacial score (nSPS) is 11.2. The molecular formula is C20H27ClN2O2. The molecule has 5 heteroatoms. The van der Waals surface area contributed by atoms with Gasteiger partial charge in [-0.25, -0.2) is 9.97 Å². The Bertz CT molecular complexity index is 728. The Morgan fingerprint density at radius 3 is 2.36 bits per heavy atom. The van der Waals surface area contributed by atoms with Crippen molar-refractivity contribution in [3.05, 3.63) is 34.6 Å². The summed E-state index contributed by atoms with van der Waals surface area (Å²) in [5.74, 6) is 1.59. The Morgan fingerprint density at radius 1 is 1.12 bits per heavy atom. The summed E-state index contributed by atoms with van der Waals surface area (Å²) in [5, 5.41) is 0.280. The van der Waals surface area contributed by atoms with Crippen molar-refractivity contribution in [3.63, 3.8) is 0 Å². The molecule has 0 saturated heterocycles. The molecule has 1 aromatic heterocycles. The molecule has 0 radical (unpaired) electrons. The molecule has 0 aliphatic heterocycles. The maximum Gasteiger partial charge on any atom is 0.252 e. The lowest BCUT2D eigenvalue weighted by atomic mass is 9.99. The maximum absolute atomic E-state index is 6.35. The first kappa shape index (κ1) is 19.5. The predicted molar refractivity (Wildman–Crippen MR) is 103 cm³/mol. The standard InChI is InChI=1S/C20H27ClN2O2/c1-7-15(8-2)25-20-19(21)23-18(13(5)22-20)16-10-9-14(12(3)4)11-17(16)24-6/h9-12,15H,7-8H2,1-6H3. The van der Waals surface area contributed by atoms with Crippen LogP contribution in [-0.2, 0) is 0 Å². The van der Waals surface area contributed by atoms with Crippen molar-refractivity contribution in [2.24, 2.45) is 0 Å². The van der Waals surface area contributed by atoms with Crippen LogP contribution in [0.3, 0.4) is 0 Å². The lowest BCUT2D eigenvalue weighted by molar-refractivity contribution is 0.184. The zero-order chi connectivity index (χ0) is 18.6. The predicted octanol–water partition coefficient (Wildman–Crippen LogP) is 5.80. The second-order valence-corrected chi connectivity index (χ2v) is 6.78. The Balaban J connectivity index is 2.45. The van der Waals surface area contributed by atoms with E-state index in [0.29, 0.717) is 17.5 Å². The van der Waals surface area contributed by atoms with Crippen LogP contribution in [0.2, 0.25) is 5.15 Å². The quantitative estimate of drug-likeness (QED) is 0.623. The molecule has 0 atom stereocenters. The Labute approximate surface area is 155 Å². The van der Waals surface area contributed by atoms with Gasteiger partial charge < -0.3 is 9.47 Å². The molecule has 2 rings (SSSR count). The van der Waals surface area contributed by atoms with E-state index in [4.69, 9.17) is 21.1 Å². The summed E-state index contributed by atoms with van der Waals surface area (Å²) < 4.78 is 11.5. The van der Waals surface area contributed by atoms with Crippen molar-refractivity contribution in [2.75, 3.05) is 7.11 Å². The van der Waals surface area contributed by atoms with E-state index in [0.717, 1.165) is 29.8 Å². The van der Waals surface area contributed by atoms with Crippen LogP contribution in [0, 0.1) is 6.92 Å². The van der Waals surface area contributed by atoms with Crippen LogP contribution in [0.4, 0.5) is 0 Å². The number of hydrogen-bond donors (Lipinski definition) is 0. The smallest absolute Gasteiger partial charge is 0.252 e. The molecule has 0 N–H and O–H groups in total. The van der Waals surface area contributed by atoms with Gasteiger partial charge in [0.25, 0.3) is 5.88 Å². The number of halogens is 1. The number of benzene rings is 1. The monoisotopic (exact) mass is 362 g/mol. The van der Waals surface area contributed by atoms with Gasteiger partial charge in [-0.15, -0.1) is 0 Å². The van der Waals surface area contributed by atoms with E-state index < -0.39 is 0 Å². The fourth-order valence-electron chi connectivity index (χ4n) is 2.68. The molecule has 25 heavy (non-hydrogen) atoms. The third-order valence-electron chi connectivity index (χ3n) is 4.33. The van der Waals surface area contributed by atoms with Gasteiger partial charge in [0.2, 0.25) is 0 Å². The highest BCUT2D eigenvalue weighted by Crippen LogP contribution is 2.35. The van der Waals surface area contributed by atoms with Crippen LogP contribution < -0.4 is 9.47 Å². The van der Waals surface area contributed by atoms with Gasteiger partial charge in [-0.05, 0) is 43.4 Å².